The Balaban J connectivity index is 1.30. The molecule has 1 saturated carbocycles. The monoisotopic (exact) mass is 431 g/mol. The van der Waals surface area contributed by atoms with Crippen LogP contribution in [0.25, 0.3) is 0 Å². The summed E-state index contributed by atoms with van der Waals surface area (Å²) in [5.41, 5.74) is 0. The minimum absolute atomic E-state index is 0.0505. The lowest BCUT2D eigenvalue weighted by Crippen LogP contribution is -2.53. The van der Waals surface area contributed by atoms with Crippen LogP contribution in [0.3, 0.4) is 0 Å². The molecule has 2 aliphatic heterocycles. The highest BCUT2D eigenvalue weighted by atomic mass is 16.5. The first-order valence-corrected chi connectivity index (χ1v) is 12.2. The summed E-state index contributed by atoms with van der Waals surface area (Å²) in [7, 11) is 0. The zero-order valence-electron chi connectivity index (χ0n) is 18.9. The summed E-state index contributed by atoms with van der Waals surface area (Å²) in [6.07, 6.45) is 10.9. The van der Waals surface area contributed by atoms with Crippen molar-refractivity contribution in [2.24, 2.45) is 0 Å². The molecule has 0 N–H and O–H groups in total. The van der Waals surface area contributed by atoms with E-state index < -0.39 is 0 Å². The summed E-state index contributed by atoms with van der Waals surface area (Å²) in [5, 5.41) is 4.12. The highest BCUT2D eigenvalue weighted by molar-refractivity contribution is 5.78. The number of rotatable bonds is 7. The van der Waals surface area contributed by atoms with E-state index in [2.05, 4.69) is 15.0 Å². The van der Waals surface area contributed by atoms with Crippen LogP contribution < -0.4 is 0 Å². The Morgan fingerprint density at radius 2 is 1.81 bits per heavy atom. The zero-order chi connectivity index (χ0) is 21.6. The van der Waals surface area contributed by atoms with E-state index in [0.29, 0.717) is 37.8 Å². The maximum Gasteiger partial charge on any atom is 0.236 e. The van der Waals surface area contributed by atoms with E-state index in [1.54, 1.807) is 6.92 Å². The van der Waals surface area contributed by atoms with E-state index >= 15 is 0 Å². The van der Waals surface area contributed by atoms with Gasteiger partial charge in [-0.2, -0.15) is 4.98 Å². The predicted octanol–water partition coefficient (Wildman–Crippen LogP) is 2.60. The summed E-state index contributed by atoms with van der Waals surface area (Å²) < 4.78 is 5.41. The first-order chi connectivity index (χ1) is 15.1. The van der Waals surface area contributed by atoms with Crippen molar-refractivity contribution in [3.63, 3.8) is 0 Å². The van der Waals surface area contributed by atoms with Crippen LogP contribution in [-0.2, 0) is 16.0 Å². The fourth-order valence-electron chi connectivity index (χ4n) is 5.03. The summed E-state index contributed by atoms with van der Waals surface area (Å²) in [6, 6.07) is 0.0670. The molecule has 8 nitrogen and oxygen atoms in total. The van der Waals surface area contributed by atoms with Crippen LogP contribution in [0.5, 0.6) is 0 Å². The van der Waals surface area contributed by atoms with Gasteiger partial charge in [0.1, 0.15) is 0 Å². The molecule has 1 atom stereocenters. The van der Waals surface area contributed by atoms with Crippen LogP contribution in [0.2, 0.25) is 0 Å². The predicted molar refractivity (Wildman–Crippen MR) is 116 cm³/mol. The molecule has 4 rings (SSSR count). The van der Waals surface area contributed by atoms with Crippen molar-refractivity contribution in [1.82, 2.24) is 24.8 Å². The number of aromatic nitrogens is 2. The average Bonchev–Trinajstić information content (AvgIpc) is 3.01. The van der Waals surface area contributed by atoms with Crippen molar-refractivity contribution in [2.75, 3.05) is 39.3 Å². The Hall–Kier alpha value is -1.96. The zero-order valence-corrected chi connectivity index (χ0v) is 18.9. The summed E-state index contributed by atoms with van der Waals surface area (Å²) in [6.45, 7) is 6.17. The highest BCUT2D eigenvalue weighted by Gasteiger charge is 2.30. The second-order valence-corrected chi connectivity index (χ2v) is 9.47. The molecule has 0 radical (unpaired) electrons. The van der Waals surface area contributed by atoms with Gasteiger partial charge in [-0.15, -0.1) is 0 Å². The number of hydrogen-bond acceptors (Lipinski definition) is 6. The van der Waals surface area contributed by atoms with E-state index in [1.165, 1.54) is 32.1 Å². The second-order valence-electron chi connectivity index (χ2n) is 9.47. The minimum atomic E-state index is 0.0505. The number of amides is 2. The Kier molecular flexibility index (Phi) is 7.58. The van der Waals surface area contributed by atoms with Crippen molar-refractivity contribution in [2.45, 2.75) is 83.1 Å². The van der Waals surface area contributed by atoms with Gasteiger partial charge in [0, 0.05) is 44.9 Å². The number of likely N-dealkylation sites (tertiary alicyclic amines) is 2. The van der Waals surface area contributed by atoms with Gasteiger partial charge in [0.15, 0.2) is 5.82 Å². The maximum atomic E-state index is 12.9. The van der Waals surface area contributed by atoms with Gasteiger partial charge in [0.2, 0.25) is 17.7 Å². The Morgan fingerprint density at radius 1 is 1.03 bits per heavy atom. The van der Waals surface area contributed by atoms with Gasteiger partial charge in [-0.25, -0.2) is 0 Å². The first-order valence-electron chi connectivity index (χ1n) is 12.2. The van der Waals surface area contributed by atoms with Gasteiger partial charge < -0.3 is 14.3 Å². The Morgan fingerprint density at radius 3 is 2.48 bits per heavy atom. The fraction of sp³-hybridized carbons (Fsp3) is 0.826. The number of carbonyl (C=O) groups is 2. The lowest BCUT2D eigenvalue weighted by atomic mass is 9.85. The molecule has 0 spiro atoms. The number of carbonyl (C=O) groups excluding carboxylic acids is 2. The quantitative estimate of drug-likeness (QED) is 0.660. The molecule has 8 heteroatoms. The van der Waals surface area contributed by atoms with Crippen molar-refractivity contribution < 1.29 is 14.1 Å². The van der Waals surface area contributed by atoms with Crippen LogP contribution in [0.1, 0.15) is 82.3 Å². The molecule has 31 heavy (non-hydrogen) atoms. The third kappa shape index (κ3) is 5.84. The molecule has 0 aromatic carbocycles. The lowest BCUT2D eigenvalue weighted by Gasteiger charge is -2.39. The Labute approximate surface area is 185 Å². The normalized spacial score (nSPS) is 23.3. The fourth-order valence-corrected chi connectivity index (χ4v) is 5.03. The van der Waals surface area contributed by atoms with Gasteiger partial charge >= 0.3 is 0 Å². The van der Waals surface area contributed by atoms with Crippen molar-refractivity contribution >= 4 is 11.8 Å². The second kappa shape index (κ2) is 10.6. The first kappa shape index (κ1) is 22.2. The molecule has 2 amide bonds. The molecular weight excluding hydrogens is 394 g/mol. The lowest BCUT2D eigenvalue weighted by molar-refractivity contribution is -0.139. The van der Waals surface area contributed by atoms with Gasteiger partial charge in [0.25, 0.3) is 0 Å². The van der Waals surface area contributed by atoms with Crippen LogP contribution in [0.4, 0.5) is 0 Å². The van der Waals surface area contributed by atoms with E-state index in [-0.39, 0.29) is 17.9 Å². The third-order valence-electron chi connectivity index (χ3n) is 7.17. The van der Waals surface area contributed by atoms with Gasteiger partial charge in [-0.05, 0) is 51.6 Å². The standard InChI is InChI=1S/C23H37N5O3/c1-18(29)28(15-11-21-24-23(31-25-21)19-8-6-9-19)20-10-7-14-27(16-20)22(30)17-26-12-4-2-3-5-13-26/h19-20H,2-17H2,1H3. The highest BCUT2D eigenvalue weighted by Crippen LogP contribution is 2.35. The molecule has 0 bridgehead atoms. The van der Waals surface area contributed by atoms with Crippen molar-refractivity contribution in [1.29, 1.82) is 0 Å². The van der Waals surface area contributed by atoms with Crippen molar-refractivity contribution in [3.05, 3.63) is 11.7 Å². The third-order valence-corrected chi connectivity index (χ3v) is 7.17. The van der Waals surface area contributed by atoms with Gasteiger partial charge in [-0.1, -0.05) is 24.4 Å². The van der Waals surface area contributed by atoms with Crippen LogP contribution in [0, 0.1) is 0 Å². The molecule has 1 aromatic rings. The largest absolute Gasteiger partial charge is 0.340 e. The molecular formula is C23H37N5O3. The number of nitrogens with zero attached hydrogens (tertiary/aromatic N) is 5. The molecule has 1 unspecified atom stereocenters. The molecule has 172 valence electrons. The molecule has 3 aliphatic rings. The van der Waals surface area contributed by atoms with E-state index in [4.69, 9.17) is 4.52 Å². The topological polar surface area (TPSA) is 82.8 Å². The van der Waals surface area contributed by atoms with E-state index in [0.717, 1.165) is 51.2 Å². The average molecular weight is 432 g/mol. The van der Waals surface area contributed by atoms with Crippen LogP contribution in [-0.4, -0.2) is 82.0 Å². The molecule has 1 aromatic heterocycles. The maximum absolute atomic E-state index is 12.9. The van der Waals surface area contributed by atoms with Crippen molar-refractivity contribution in [3.8, 4) is 0 Å². The molecule has 3 fully saturated rings. The minimum Gasteiger partial charge on any atom is -0.340 e. The summed E-state index contributed by atoms with van der Waals surface area (Å²) in [5.74, 6) is 2.11. The summed E-state index contributed by atoms with van der Waals surface area (Å²) in [4.78, 5) is 36.1. The van der Waals surface area contributed by atoms with E-state index in [1.807, 2.05) is 9.80 Å². The van der Waals surface area contributed by atoms with Crippen LogP contribution >= 0.6 is 0 Å². The van der Waals surface area contributed by atoms with Crippen LogP contribution in [0.15, 0.2) is 4.52 Å². The molecule has 1 aliphatic carbocycles. The SMILES string of the molecule is CC(=O)N(CCc1noc(C2CCC2)n1)C1CCCN(C(=O)CN2CCCCCC2)C1. The summed E-state index contributed by atoms with van der Waals surface area (Å²) >= 11 is 0. The Bertz CT molecular complexity index is 739. The number of hydrogen-bond donors (Lipinski definition) is 0. The van der Waals surface area contributed by atoms with Gasteiger partial charge in [-0.3, -0.25) is 14.5 Å². The van der Waals surface area contributed by atoms with Gasteiger partial charge in [0.05, 0.1) is 6.54 Å². The molecule has 3 heterocycles. The van der Waals surface area contributed by atoms with E-state index in [9.17, 15) is 9.59 Å². The number of piperidine rings is 1. The smallest absolute Gasteiger partial charge is 0.236 e. The molecule has 2 saturated heterocycles.